The normalized spacial score (nSPS) is 10.2. The molecule has 2 aromatic heterocycles. The Kier molecular flexibility index (Phi) is 2.22. The van der Waals surface area contributed by atoms with Crippen LogP contribution >= 0.6 is 33.9 Å². The number of pyridine rings is 1. The van der Waals surface area contributed by atoms with E-state index in [1.807, 2.05) is 13.0 Å². The maximum absolute atomic E-state index is 8.79. The van der Waals surface area contributed by atoms with Gasteiger partial charge in [-0.3, -0.25) is 0 Å². The van der Waals surface area contributed by atoms with Crippen molar-refractivity contribution >= 4 is 44.1 Å². The van der Waals surface area contributed by atoms with E-state index in [1.54, 1.807) is 11.3 Å². The molecular formula is C9H5IN2S. The molecule has 0 spiro atoms. The molecule has 0 radical (unpaired) electrons. The monoisotopic (exact) mass is 300 g/mol. The topological polar surface area (TPSA) is 36.7 Å². The lowest BCUT2D eigenvalue weighted by atomic mass is 10.2. The number of rotatable bonds is 0. The predicted molar refractivity (Wildman–Crippen MR) is 61.8 cm³/mol. The van der Waals surface area contributed by atoms with E-state index in [2.05, 4.69) is 39.7 Å². The van der Waals surface area contributed by atoms with Crippen molar-refractivity contribution in [2.24, 2.45) is 0 Å². The molecule has 0 aliphatic carbocycles. The second-order valence-corrected chi connectivity index (χ2v) is 4.95. The van der Waals surface area contributed by atoms with Gasteiger partial charge < -0.3 is 0 Å². The lowest BCUT2D eigenvalue weighted by Gasteiger charge is -1.93. The summed E-state index contributed by atoms with van der Waals surface area (Å²) in [5.74, 6) is 0. The Labute approximate surface area is 93.4 Å². The van der Waals surface area contributed by atoms with Crippen molar-refractivity contribution in [2.45, 2.75) is 6.92 Å². The van der Waals surface area contributed by atoms with Gasteiger partial charge in [-0.1, -0.05) is 0 Å². The Morgan fingerprint density at radius 1 is 1.54 bits per heavy atom. The van der Waals surface area contributed by atoms with E-state index in [-0.39, 0.29) is 0 Å². The van der Waals surface area contributed by atoms with Crippen molar-refractivity contribution in [1.82, 2.24) is 4.98 Å². The molecule has 0 saturated carbocycles. The number of thiophene rings is 1. The summed E-state index contributed by atoms with van der Waals surface area (Å²) in [4.78, 5) is 6.59. The fraction of sp³-hybridized carbons (Fsp3) is 0.111. The van der Waals surface area contributed by atoms with Gasteiger partial charge in [0.05, 0.1) is 5.56 Å². The maximum atomic E-state index is 8.79. The molecule has 2 aromatic rings. The van der Waals surface area contributed by atoms with Crippen LogP contribution in [0.15, 0.2) is 12.1 Å². The summed E-state index contributed by atoms with van der Waals surface area (Å²) >= 11 is 3.75. The number of aryl methyl sites for hydroxylation is 1. The maximum Gasteiger partial charge on any atom is 0.124 e. The van der Waals surface area contributed by atoms with Crippen LogP contribution in [-0.4, -0.2) is 4.98 Å². The second-order valence-electron chi connectivity index (χ2n) is 2.69. The highest BCUT2D eigenvalue weighted by Crippen LogP contribution is 2.25. The fourth-order valence-corrected chi connectivity index (χ4v) is 2.70. The molecule has 2 heterocycles. The van der Waals surface area contributed by atoms with Crippen molar-refractivity contribution in [1.29, 1.82) is 5.26 Å². The first-order valence-corrected chi connectivity index (χ1v) is 5.57. The first-order valence-electron chi connectivity index (χ1n) is 3.67. The van der Waals surface area contributed by atoms with Crippen molar-refractivity contribution < 1.29 is 0 Å². The quantitative estimate of drug-likeness (QED) is 0.554. The molecule has 2 nitrogen and oxygen atoms in total. The largest absolute Gasteiger partial charge is 0.230 e. The standard InChI is InChI=1S/C9H5IN2S/c1-5-2-6-3-7(4-11)8(10)12-9(6)13-5/h2-3H,1H3. The third-order valence-corrected chi connectivity index (χ3v) is 3.49. The lowest BCUT2D eigenvalue weighted by Crippen LogP contribution is -1.85. The van der Waals surface area contributed by atoms with E-state index in [0.717, 1.165) is 13.9 Å². The van der Waals surface area contributed by atoms with Crippen molar-refractivity contribution in [3.05, 3.63) is 26.3 Å². The molecule has 0 unspecified atom stereocenters. The molecule has 0 aliphatic rings. The number of fused-ring (bicyclic) bond motifs is 1. The molecule has 64 valence electrons. The molecule has 0 atom stereocenters. The zero-order chi connectivity index (χ0) is 9.42. The summed E-state index contributed by atoms with van der Waals surface area (Å²) in [5.41, 5.74) is 0.658. The summed E-state index contributed by atoms with van der Waals surface area (Å²) in [6, 6.07) is 6.09. The molecule has 0 bridgehead atoms. The smallest absolute Gasteiger partial charge is 0.124 e. The lowest BCUT2D eigenvalue weighted by molar-refractivity contribution is 1.33. The minimum atomic E-state index is 0.658. The van der Waals surface area contributed by atoms with Gasteiger partial charge in [-0.15, -0.1) is 11.3 Å². The molecule has 13 heavy (non-hydrogen) atoms. The average Bonchev–Trinajstić information content (AvgIpc) is 2.42. The van der Waals surface area contributed by atoms with Gasteiger partial charge in [0.25, 0.3) is 0 Å². The Bertz CT molecular complexity index is 510. The summed E-state index contributed by atoms with van der Waals surface area (Å²) in [7, 11) is 0. The Morgan fingerprint density at radius 2 is 2.31 bits per heavy atom. The zero-order valence-corrected chi connectivity index (χ0v) is 9.81. The van der Waals surface area contributed by atoms with Gasteiger partial charge in [0.15, 0.2) is 0 Å². The van der Waals surface area contributed by atoms with Crippen LogP contribution in [-0.2, 0) is 0 Å². The van der Waals surface area contributed by atoms with E-state index in [9.17, 15) is 0 Å². The Balaban J connectivity index is 2.82. The molecule has 0 fully saturated rings. The van der Waals surface area contributed by atoms with Gasteiger partial charge in [-0.05, 0) is 41.6 Å². The number of halogens is 1. The molecule has 2 rings (SSSR count). The van der Waals surface area contributed by atoms with Crippen LogP contribution in [0.2, 0.25) is 0 Å². The fourth-order valence-electron chi connectivity index (χ4n) is 1.16. The highest BCUT2D eigenvalue weighted by molar-refractivity contribution is 14.1. The van der Waals surface area contributed by atoms with Crippen LogP contribution < -0.4 is 0 Å². The van der Waals surface area contributed by atoms with Gasteiger partial charge in [0.1, 0.15) is 14.6 Å². The van der Waals surface area contributed by atoms with E-state index < -0.39 is 0 Å². The molecule has 0 aliphatic heterocycles. The van der Waals surface area contributed by atoms with E-state index in [0.29, 0.717) is 5.56 Å². The third-order valence-electron chi connectivity index (χ3n) is 1.71. The SMILES string of the molecule is Cc1cc2cc(C#N)c(I)nc2s1. The van der Waals surface area contributed by atoms with Crippen molar-refractivity contribution in [3.63, 3.8) is 0 Å². The van der Waals surface area contributed by atoms with Gasteiger partial charge in [0.2, 0.25) is 0 Å². The van der Waals surface area contributed by atoms with Crippen LogP contribution in [0, 0.1) is 22.0 Å². The Hall–Kier alpha value is -0.670. The second kappa shape index (κ2) is 3.24. The molecule has 0 amide bonds. The van der Waals surface area contributed by atoms with Crippen LogP contribution in [0.1, 0.15) is 10.4 Å². The van der Waals surface area contributed by atoms with E-state index >= 15 is 0 Å². The van der Waals surface area contributed by atoms with Crippen molar-refractivity contribution in [2.75, 3.05) is 0 Å². The van der Waals surface area contributed by atoms with E-state index in [4.69, 9.17) is 5.26 Å². The highest BCUT2D eigenvalue weighted by Gasteiger charge is 2.05. The average molecular weight is 300 g/mol. The molecule has 4 heteroatoms. The molecule has 0 saturated heterocycles. The number of hydrogen-bond donors (Lipinski definition) is 0. The van der Waals surface area contributed by atoms with E-state index in [1.165, 1.54) is 4.88 Å². The van der Waals surface area contributed by atoms with Crippen LogP contribution in [0.4, 0.5) is 0 Å². The molecular weight excluding hydrogens is 295 g/mol. The third kappa shape index (κ3) is 1.54. The van der Waals surface area contributed by atoms with Crippen molar-refractivity contribution in [3.8, 4) is 6.07 Å². The van der Waals surface area contributed by atoms with Gasteiger partial charge >= 0.3 is 0 Å². The van der Waals surface area contributed by atoms with Gasteiger partial charge in [-0.2, -0.15) is 5.26 Å². The number of hydrogen-bond acceptors (Lipinski definition) is 3. The zero-order valence-electron chi connectivity index (χ0n) is 6.84. The number of nitriles is 1. The van der Waals surface area contributed by atoms with Crippen LogP contribution in [0.5, 0.6) is 0 Å². The minimum absolute atomic E-state index is 0.658. The van der Waals surface area contributed by atoms with Gasteiger partial charge in [-0.25, -0.2) is 4.98 Å². The van der Waals surface area contributed by atoms with Crippen LogP contribution in [0.25, 0.3) is 10.2 Å². The minimum Gasteiger partial charge on any atom is -0.230 e. The molecule has 0 aromatic carbocycles. The highest BCUT2D eigenvalue weighted by atomic mass is 127. The summed E-state index contributed by atoms with van der Waals surface area (Å²) in [6.07, 6.45) is 0. The number of aromatic nitrogens is 1. The first kappa shape index (κ1) is 8.91. The molecule has 0 N–H and O–H groups in total. The van der Waals surface area contributed by atoms with Crippen LogP contribution in [0.3, 0.4) is 0 Å². The predicted octanol–water partition coefficient (Wildman–Crippen LogP) is 3.08. The summed E-state index contributed by atoms with van der Waals surface area (Å²) in [6.45, 7) is 2.05. The Morgan fingerprint density at radius 3 is 3.00 bits per heavy atom. The summed E-state index contributed by atoms with van der Waals surface area (Å²) < 4.78 is 0.787. The summed E-state index contributed by atoms with van der Waals surface area (Å²) in [5, 5.41) is 9.86. The number of nitrogens with zero attached hydrogens (tertiary/aromatic N) is 2. The first-order chi connectivity index (χ1) is 6.20. The van der Waals surface area contributed by atoms with Gasteiger partial charge in [0, 0.05) is 10.3 Å².